The molecule has 1 saturated heterocycles. The summed E-state index contributed by atoms with van der Waals surface area (Å²) in [6.07, 6.45) is -0.577. The fraction of sp³-hybridized carbons (Fsp3) is 0.292. The summed E-state index contributed by atoms with van der Waals surface area (Å²) < 4.78 is 24.6. The highest BCUT2D eigenvalue weighted by Crippen LogP contribution is 2.25. The molecule has 4 rings (SSSR count). The normalized spacial score (nSPS) is 14.2. The van der Waals surface area contributed by atoms with Gasteiger partial charge in [-0.1, -0.05) is 0 Å². The molecule has 0 radical (unpaired) electrons. The lowest BCUT2D eigenvalue weighted by atomic mass is 10.1. The maximum Gasteiger partial charge on any atom is 0.411 e. The molecule has 2 aromatic carbocycles. The van der Waals surface area contributed by atoms with Crippen molar-refractivity contribution >= 4 is 28.4 Å². The molecule has 1 aliphatic rings. The maximum atomic E-state index is 14.4. The molecule has 33 heavy (non-hydrogen) atoms. The second-order valence-corrected chi connectivity index (χ2v) is 7.69. The number of nitrogens with one attached hydrogen (secondary N) is 1. The standard InChI is InChI=1S/C24H23FN4O4/c1-2-32-24(31)27-18-4-5-19-17(12-23(30)33-22(19)13-18)15-28-7-9-29(10-8-28)21-6-3-16(14-26)11-20(21)25/h3-6,11-13H,2,7-10,15H2,1H3,(H,27,31). The molecule has 1 aliphatic heterocycles. The van der Waals surface area contributed by atoms with E-state index in [2.05, 4.69) is 10.2 Å². The smallest absolute Gasteiger partial charge is 0.411 e. The molecule has 0 saturated carbocycles. The number of halogens is 1. The number of anilines is 2. The fourth-order valence-corrected chi connectivity index (χ4v) is 3.94. The van der Waals surface area contributed by atoms with E-state index in [1.54, 1.807) is 37.3 Å². The van der Waals surface area contributed by atoms with Crippen molar-refractivity contribution in [3.05, 3.63) is 69.8 Å². The zero-order valence-corrected chi connectivity index (χ0v) is 18.1. The zero-order chi connectivity index (χ0) is 23.4. The Labute approximate surface area is 189 Å². The van der Waals surface area contributed by atoms with Gasteiger partial charge in [-0.25, -0.2) is 14.0 Å². The summed E-state index contributed by atoms with van der Waals surface area (Å²) in [6.45, 7) is 5.12. The Morgan fingerprint density at radius 1 is 1.18 bits per heavy atom. The second kappa shape index (κ2) is 9.71. The van der Waals surface area contributed by atoms with Crippen LogP contribution in [0.2, 0.25) is 0 Å². The number of carbonyl (C=O) groups excluding carboxylic acids is 1. The molecule has 1 aromatic heterocycles. The minimum Gasteiger partial charge on any atom is -0.450 e. The number of amides is 1. The van der Waals surface area contributed by atoms with Gasteiger partial charge >= 0.3 is 11.7 Å². The Morgan fingerprint density at radius 3 is 2.67 bits per heavy atom. The third-order valence-electron chi connectivity index (χ3n) is 5.54. The first-order chi connectivity index (χ1) is 16.0. The van der Waals surface area contributed by atoms with Gasteiger partial charge in [-0.3, -0.25) is 10.2 Å². The average Bonchev–Trinajstić information content (AvgIpc) is 2.79. The number of carbonyl (C=O) groups is 1. The van der Waals surface area contributed by atoms with Crippen molar-refractivity contribution in [2.24, 2.45) is 0 Å². The van der Waals surface area contributed by atoms with E-state index in [9.17, 15) is 14.0 Å². The van der Waals surface area contributed by atoms with Gasteiger partial charge in [0.25, 0.3) is 0 Å². The van der Waals surface area contributed by atoms with Gasteiger partial charge in [0.05, 0.1) is 23.9 Å². The minimum atomic E-state index is -0.577. The van der Waals surface area contributed by atoms with Crippen LogP contribution in [-0.2, 0) is 11.3 Å². The summed E-state index contributed by atoms with van der Waals surface area (Å²) in [5.41, 5.74) is 1.99. The van der Waals surface area contributed by atoms with Crippen LogP contribution in [0.15, 0.2) is 51.7 Å². The first kappa shape index (κ1) is 22.3. The molecule has 1 N–H and O–H groups in total. The predicted octanol–water partition coefficient (Wildman–Crippen LogP) is 3.69. The molecule has 0 aliphatic carbocycles. The van der Waals surface area contributed by atoms with E-state index in [1.807, 2.05) is 11.0 Å². The topological polar surface area (TPSA) is 98.8 Å². The molecule has 0 spiro atoms. The third-order valence-corrected chi connectivity index (χ3v) is 5.54. The highest BCUT2D eigenvalue weighted by molar-refractivity contribution is 5.90. The largest absolute Gasteiger partial charge is 0.450 e. The molecule has 0 bridgehead atoms. The van der Waals surface area contributed by atoms with Crippen LogP contribution in [0, 0.1) is 17.1 Å². The second-order valence-electron chi connectivity index (χ2n) is 7.69. The number of fused-ring (bicyclic) bond motifs is 1. The number of piperazine rings is 1. The lowest BCUT2D eigenvalue weighted by molar-refractivity contribution is 0.168. The number of hydrogen-bond acceptors (Lipinski definition) is 7. The highest BCUT2D eigenvalue weighted by Gasteiger charge is 2.21. The van der Waals surface area contributed by atoms with Crippen LogP contribution in [0.5, 0.6) is 0 Å². The average molecular weight is 450 g/mol. The Morgan fingerprint density at radius 2 is 1.97 bits per heavy atom. The van der Waals surface area contributed by atoms with E-state index >= 15 is 0 Å². The molecule has 0 unspecified atom stereocenters. The molecule has 0 atom stereocenters. The van der Waals surface area contributed by atoms with Gasteiger partial charge in [-0.05, 0) is 42.8 Å². The maximum absolute atomic E-state index is 14.4. The van der Waals surface area contributed by atoms with Crippen molar-refractivity contribution in [2.45, 2.75) is 13.5 Å². The molecule has 170 valence electrons. The monoisotopic (exact) mass is 450 g/mol. The molecule has 1 fully saturated rings. The van der Waals surface area contributed by atoms with Crippen LogP contribution in [0.3, 0.4) is 0 Å². The minimum absolute atomic E-state index is 0.254. The van der Waals surface area contributed by atoms with E-state index in [-0.39, 0.29) is 6.61 Å². The molecule has 1 amide bonds. The summed E-state index contributed by atoms with van der Waals surface area (Å²) >= 11 is 0. The van der Waals surface area contributed by atoms with Gasteiger partial charge in [0.1, 0.15) is 11.4 Å². The summed E-state index contributed by atoms with van der Waals surface area (Å²) in [5.74, 6) is -0.401. The van der Waals surface area contributed by atoms with Crippen molar-refractivity contribution in [1.82, 2.24) is 4.90 Å². The number of nitrogens with zero attached hydrogens (tertiary/aromatic N) is 3. The molecule has 2 heterocycles. The van der Waals surface area contributed by atoms with Crippen molar-refractivity contribution in [3.63, 3.8) is 0 Å². The van der Waals surface area contributed by atoms with E-state index in [0.29, 0.717) is 55.2 Å². The van der Waals surface area contributed by atoms with Crippen LogP contribution in [0.25, 0.3) is 11.0 Å². The molecule has 8 nitrogen and oxygen atoms in total. The van der Waals surface area contributed by atoms with Gasteiger partial charge in [-0.2, -0.15) is 5.26 Å². The van der Waals surface area contributed by atoms with Crippen LogP contribution in [0.4, 0.5) is 20.6 Å². The zero-order valence-electron chi connectivity index (χ0n) is 18.1. The van der Waals surface area contributed by atoms with Crippen molar-refractivity contribution in [1.29, 1.82) is 5.26 Å². The number of rotatable bonds is 5. The van der Waals surface area contributed by atoms with Gasteiger partial charge in [0.2, 0.25) is 0 Å². The lowest BCUT2D eigenvalue weighted by Crippen LogP contribution is -2.46. The van der Waals surface area contributed by atoms with Gasteiger partial charge < -0.3 is 14.1 Å². The van der Waals surface area contributed by atoms with Crippen LogP contribution >= 0.6 is 0 Å². The SMILES string of the molecule is CCOC(=O)Nc1ccc2c(CN3CCN(c4ccc(C#N)cc4F)CC3)cc(=O)oc2c1. The van der Waals surface area contributed by atoms with Gasteiger partial charge in [0, 0.05) is 55.9 Å². The van der Waals surface area contributed by atoms with Crippen LogP contribution in [-0.4, -0.2) is 43.8 Å². The summed E-state index contributed by atoms with van der Waals surface area (Å²) in [6, 6.07) is 13.1. The molecular formula is C24H23FN4O4. The number of benzene rings is 2. The Hall–Kier alpha value is -3.90. The van der Waals surface area contributed by atoms with E-state index in [4.69, 9.17) is 14.4 Å². The van der Waals surface area contributed by atoms with E-state index < -0.39 is 17.5 Å². The van der Waals surface area contributed by atoms with Crippen LogP contribution < -0.4 is 15.8 Å². The van der Waals surface area contributed by atoms with Crippen molar-refractivity contribution in [2.75, 3.05) is 43.0 Å². The summed E-state index contributed by atoms with van der Waals surface area (Å²) in [4.78, 5) is 27.9. The van der Waals surface area contributed by atoms with Gasteiger partial charge in [-0.15, -0.1) is 0 Å². The van der Waals surface area contributed by atoms with Crippen molar-refractivity contribution in [3.8, 4) is 6.07 Å². The number of ether oxygens (including phenoxy) is 1. The Balaban J connectivity index is 1.46. The van der Waals surface area contributed by atoms with E-state index in [0.717, 1.165) is 10.9 Å². The molecular weight excluding hydrogens is 427 g/mol. The first-order valence-electron chi connectivity index (χ1n) is 10.6. The lowest BCUT2D eigenvalue weighted by Gasteiger charge is -2.36. The van der Waals surface area contributed by atoms with Gasteiger partial charge in [0.15, 0.2) is 0 Å². The highest BCUT2D eigenvalue weighted by atomic mass is 19.1. The fourth-order valence-electron chi connectivity index (χ4n) is 3.94. The molecule has 3 aromatic rings. The Bertz CT molecular complexity index is 1280. The predicted molar refractivity (Wildman–Crippen MR) is 122 cm³/mol. The number of nitriles is 1. The number of hydrogen-bond donors (Lipinski definition) is 1. The third kappa shape index (κ3) is 5.13. The summed E-state index contributed by atoms with van der Waals surface area (Å²) in [7, 11) is 0. The first-order valence-corrected chi connectivity index (χ1v) is 10.6. The van der Waals surface area contributed by atoms with E-state index in [1.165, 1.54) is 12.1 Å². The summed E-state index contributed by atoms with van der Waals surface area (Å²) in [5, 5.41) is 12.3. The molecule has 9 heteroatoms. The quantitative estimate of drug-likeness (QED) is 0.592. The Kier molecular flexibility index (Phi) is 6.56. The van der Waals surface area contributed by atoms with Crippen LogP contribution in [0.1, 0.15) is 18.1 Å². The van der Waals surface area contributed by atoms with Crippen molar-refractivity contribution < 1.29 is 18.3 Å².